The summed E-state index contributed by atoms with van der Waals surface area (Å²) < 4.78 is 18.1. The molecule has 0 amide bonds. The molecule has 6 rings (SSSR count). The Morgan fingerprint density at radius 3 is 2.53 bits per heavy atom. The summed E-state index contributed by atoms with van der Waals surface area (Å²) in [5.74, 6) is 3.35. The third-order valence-electron chi connectivity index (χ3n) is 10.8. The van der Waals surface area contributed by atoms with E-state index in [1.165, 1.54) is 64.2 Å². The Balaban J connectivity index is 1.36. The maximum Gasteiger partial charge on any atom is 0.343 e. The molecule has 0 radical (unpaired) electrons. The van der Waals surface area contributed by atoms with Gasteiger partial charge in [-0.2, -0.15) is 0 Å². The molecule has 6 nitrogen and oxygen atoms in total. The molecule has 0 unspecified atom stereocenters. The standard InChI is InChI=1S/C32H47NO5/c1-20-27-24-14-10-13-23(25(34)17-22-11-6-4-7-12-22)33(24)19-32(15-8-5-9-16-32)18-26(27)37-29(20)30-28(36-3)21(2)31(35)38-30/h18,20,22-25,27,34H,4-17,19H2,1-3H3/t20-,23-,24-,25-,27+/m0/s1. The van der Waals surface area contributed by atoms with Gasteiger partial charge < -0.3 is 19.3 Å². The fourth-order valence-electron chi connectivity index (χ4n) is 8.82. The molecule has 4 heterocycles. The maximum absolute atomic E-state index is 12.4. The summed E-state index contributed by atoms with van der Waals surface area (Å²) in [7, 11) is 1.59. The first-order chi connectivity index (χ1) is 18.4. The van der Waals surface area contributed by atoms with Crippen molar-refractivity contribution in [2.75, 3.05) is 13.7 Å². The SMILES string of the molecule is COC1=C(C)C(=O)OC1=C1OC2=CC3(CCCCC3)CN3[C@@H](CCC[C@H]3[C@@H](O)CC3CCCCC3)[C@H]2[C@@H]1C. The van der Waals surface area contributed by atoms with Crippen LogP contribution in [0.3, 0.4) is 0 Å². The highest BCUT2D eigenvalue weighted by Gasteiger charge is 2.53. The van der Waals surface area contributed by atoms with E-state index < -0.39 is 0 Å². The van der Waals surface area contributed by atoms with Crippen molar-refractivity contribution in [2.45, 2.75) is 122 Å². The topological polar surface area (TPSA) is 68.2 Å². The van der Waals surface area contributed by atoms with Crippen LogP contribution in [0.4, 0.5) is 0 Å². The molecule has 0 bridgehead atoms. The van der Waals surface area contributed by atoms with Gasteiger partial charge in [0.15, 0.2) is 11.5 Å². The molecule has 0 aromatic heterocycles. The van der Waals surface area contributed by atoms with E-state index in [9.17, 15) is 9.90 Å². The lowest BCUT2D eigenvalue weighted by molar-refractivity contribution is -0.133. The van der Waals surface area contributed by atoms with Crippen LogP contribution in [0.15, 0.2) is 34.7 Å². The highest BCUT2D eigenvalue weighted by molar-refractivity contribution is 5.93. The average Bonchev–Trinajstić information content (AvgIpc) is 3.34. The maximum atomic E-state index is 12.4. The molecule has 5 atom stereocenters. The third-order valence-corrected chi connectivity index (χ3v) is 10.8. The average molecular weight is 526 g/mol. The Morgan fingerprint density at radius 2 is 1.79 bits per heavy atom. The van der Waals surface area contributed by atoms with E-state index in [1.54, 1.807) is 14.0 Å². The van der Waals surface area contributed by atoms with Crippen molar-refractivity contribution in [3.8, 4) is 0 Å². The molecular weight excluding hydrogens is 478 g/mol. The lowest BCUT2D eigenvalue weighted by Gasteiger charge is -2.49. The molecule has 1 N–H and O–H groups in total. The molecule has 2 aliphatic carbocycles. The van der Waals surface area contributed by atoms with Crippen molar-refractivity contribution in [3.63, 3.8) is 0 Å². The number of rotatable bonds is 4. The predicted molar refractivity (Wildman–Crippen MR) is 145 cm³/mol. The van der Waals surface area contributed by atoms with Crippen LogP contribution in [0, 0.1) is 23.2 Å². The van der Waals surface area contributed by atoms with Gasteiger partial charge >= 0.3 is 5.97 Å². The van der Waals surface area contributed by atoms with Gasteiger partial charge in [0.2, 0.25) is 5.76 Å². The fraction of sp³-hybridized carbons (Fsp3) is 0.781. The first-order valence-corrected chi connectivity index (χ1v) is 15.5. The molecule has 2 saturated heterocycles. The lowest BCUT2D eigenvalue weighted by Crippen LogP contribution is -2.57. The Hall–Kier alpha value is -1.79. The predicted octanol–water partition coefficient (Wildman–Crippen LogP) is 6.36. The molecule has 1 spiro atoms. The van der Waals surface area contributed by atoms with Gasteiger partial charge in [0.1, 0.15) is 5.76 Å². The van der Waals surface area contributed by atoms with E-state index in [0.29, 0.717) is 29.1 Å². The van der Waals surface area contributed by atoms with Crippen LogP contribution in [0.25, 0.3) is 0 Å². The van der Waals surface area contributed by atoms with Gasteiger partial charge in [0.05, 0.1) is 18.8 Å². The summed E-state index contributed by atoms with van der Waals surface area (Å²) in [6, 6.07) is 0.538. The van der Waals surface area contributed by atoms with Crippen LogP contribution in [0.1, 0.15) is 104 Å². The monoisotopic (exact) mass is 525 g/mol. The van der Waals surface area contributed by atoms with Crippen molar-refractivity contribution in [3.05, 3.63) is 34.7 Å². The van der Waals surface area contributed by atoms with Gasteiger partial charge in [-0.05, 0) is 51.0 Å². The van der Waals surface area contributed by atoms with Gasteiger partial charge in [0, 0.05) is 35.9 Å². The number of allylic oxidation sites excluding steroid dienone is 1. The Kier molecular flexibility index (Phi) is 7.41. The minimum absolute atomic E-state index is 0.0700. The van der Waals surface area contributed by atoms with Gasteiger partial charge in [-0.15, -0.1) is 0 Å². The summed E-state index contributed by atoms with van der Waals surface area (Å²) >= 11 is 0. The largest absolute Gasteiger partial charge is 0.492 e. The summed E-state index contributed by atoms with van der Waals surface area (Å²) in [6.07, 6.45) is 19.2. The molecule has 0 aromatic rings. The van der Waals surface area contributed by atoms with Gasteiger partial charge in [-0.25, -0.2) is 4.79 Å². The summed E-state index contributed by atoms with van der Waals surface area (Å²) in [6.45, 7) is 5.01. The summed E-state index contributed by atoms with van der Waals surface area (Å²) in [5, 5.41) is 11.7. The second-order valence-corrected chi connectivity index (χ2v) is 13.2. The van der Waals surface area contributed by atoms with Crippen molar-refractivity contribution in [1.29, 1.82) is 0 Å². The zero-order valence-electron chi connectivity index (χ0n) is 23.7. The number of esters is 1. The fourth-order valence-corrected chi connectivity index (χ4v) is 8.82. The smallest absolute Gasteiger partial charge is 0.343 e. The highest BCUT2D eigenvalue weighted by Crippen LogP contribution is 2.54. The molecule has 38 heavy (non-hydrogen) atoms. The number of carbonyl (C=O) groups is 1. The van der Waals surface area contributed by atoms with E-state index in [4.69, 9.17) is 14.2 Å². The zero-order chi connectivity index (χ0) is 26.4. The van der Waals surface area contributed by atoms with Crippen LogP contribution in [-0.4, -0.2) is 47.8 Å². The molecule has 210 valence electrons. The number of piperidine rings is 1. The minimum atomic E-state index is -0.352. The Labute approximate surface area is 228 Å². The molecule has 4 fully saturated rings. The summed E-state index contributed by atoms with van der Waals surface area (Å²) in [4.78, 5) is 15.2. The van der Waals surface area contributed by atoms with E-state index >= 15 is 0 Å². The van der Waals surface area contributed by atoms with Crippen molar-refractivity contribution in [2.24, 2.45) is 23.2 Å². The van der Waals surface area contributed by atoms with Crippen LogP contribution in [-0.2, 0) is 19.0 Å². The van der Waals surface area contributed by atoms with Crippen LogP contribution >= 0.6 is 0 Å². The Bertz CT molecular complexity index is 1010. The lowest BCUT2D eigenvalue weighted by atomic mass is 9.73. The van der Waals surface area contributed by atoms with Crippen LogP contribution in [0.5, 0.6) is 0 Å². The van der Waals surface area contributed by atoms with Crippen molar-refractivity contribution >= 4 is 5.97 Å². The Morgan fingerprint density at radius 1 is 1.05 bits per heavy atom. The number of carbonyl (C=O) groups excluding carboxylic acids is 1. The molecule has 0 aromatic carbocycles. The summed E-state index contributed by atoms with van der Waals surface area (Å²) in [5.41, 5.74) is 0.587. The van der Waals surface area contributed by atoms with Crippen molar-refractivity contribution in [1.82, 2.24) is 4.90 Å². The van der Waals surface area contributed by atoms with E-state index in [2.05, 4.69) is 17.9 Å². The number of hydrogen-bond donors (Lipinski definition) is 1. The molecule has 6 aliphatic rings. The molecule has 6 heteroatoms. The molecule has 2 saturated carbocycles. The number of cyclic esters (lactones) is 1. The number of methoxy groups -OCH3 is 1. The van der Waals surface area contributed by atoms with Crippen LogP contribution in [0.2, 0.25) is 0 Å². The number of nitrogens with zero attached hydrogens (tertiary/aromatic N) is 1. The van der Waals surface area contributed by atoms with Gasteiger partial charge in [-0.1, -0.05) is 64.7 Å². The first kappa shape index (κ1) is 26.4. The number of aliphatic hydroxyl groups excluding tert-OH is 1. The first-order valence-electron chi connectivity index (χ1n) is 15.5. The zero-order valence-corrected chi connectivity index (χ0v) is 23.7. The van der Waals surface area contributed by atoms with E-state index in [-0.39, 0.29) is 35.4 Å². The number of ether oxygens (including phenoxy) is 3. The second-order valence-electron chi connectivity index (χ2n) is 13.2. The number of aliphatic hydroxyl groups is 1. The highest BCUT2D eigenvalue weighted by atomic mass is 16.6. The number of fused-ring (bicyclic) bond motifs is 3. The third kappa shape index (κ3) is 4.64. The van der Waals surface area contributed by atoms with Crippen LogP contribution < -0.4 is 0 Å². The quantitative estimate of drug-likeness (QED) is 0.431. The molecular formula is C32H47NO5. The van der Waals surface area contributed by atoms with Gasteiger partial charge in [0.25, 0.3) is 0 Å². The van der Waals surface area contributed by atoms with Gasteiger partial charge in [-0.3, -0.25) is 4.90 Å². The normalized spacial score (nSPS) is 36.7. The minimum Gasteiger partial charge on any atom is -0.492 e. The number of hydrogen-bond acceptors (Lipinski definition) is 6. The molecule has 4 aliphatic heterocycles. The van der Waals surface area contributed by atoms with E-state index in [1.807, 2.05) is 0 Å². The van der Waals surface area contributed by atoms with Crippen molar-refractivity contribution < 1.29 is 24.1 Å². The second kappa shape index (κ2) is 10.6. The van der Waals surface area contributed by atoms with E-state index in [0.717, 1.165) is 43.7 Å².